The molecular weight excluding hydrogens is 688 g/mol. The van der Waals surface area contributed by atoms with Gasteiger partial charge in [-0.2, -0.15) is 0 Å². The van der Waals surface area contributed by atoms with Crippen LogP contribution in [-0.2, 0) is 25.6 Å². The number of halogens is 1. The van der Waals surface area contributed by atoms with Gasteiger partial charge in [0.1, 0.15) is 24.7 Å². The maximum Gasteiger partial charge on any atom is 0.119 e. The van der Waals surface area contributed by atoms with Gasteiger partial charge < -0.3 is 20.5 Å². The number of alkyl halides is 1. The van der Waals surface area contributed by atoms with Crippen molar-refractivity contribution in [1.82, 2.24) is 10.2 Å². The van der Waals surface area contributed by atoms with Crippen LogP contribution in [0.1, 0.15) is 53.5 Å². The second-order valence-electron chi connectivity index (χ2n) is 14.0. The molecule has 2 aliphatic rings. The minimum atomic E-state index is 0.541. The van der Waals surface area contributed by atoms with Crippen LogP contribution in [-0.4, -0.2) is 50.4 Å². The number of piperidine rings is 2. The molecule has 3 N–H and O–H groups in total. The molecule has 0 amide bonds. The highest BCUT2D eigenvalue weighted by molar-refractivity contribution is 6.17. The zero-order chi connectivity index (χ0) is 37.5. The third-order valence-electron chi connectivity index (χ3n) is 9.81. The van der Waals surface area contributed by atoms with Crippen LogP contribution in [0.4, 0.5) is 0 Å². The van der Waals surface area contributed by atoms with Crippen LogP contribution in [0.3, 0.4) is 0 Å². The minimum absolute atomic E-state index is 0.541. The lowest BCUT2D eigenvalue weighted by atomic mass is 9.97. The van der Waals surface area contributed by atoms with Gasteiger partial charge >= 0.3 is 0 Å². The summed E-state index contributed by atoms with van der Waals surface area (Å²) in [6.07, 6.45) is 6.99. The summed E-state index contributed by atoms with van der Waals surface area (Å²) in [5.41, 5.74) is 11.8. The van der Waals surface area contributed by atoms with Gasteiger partial charge in [-0.15, -0.1) is 11.6 Å². The Hall–Kier alpha value is -4.46. The van der Waals surface area contributed by atoms with Crippen LogP contribution in [0.5, 0.6) is 11.5 Å². The Kier molecular flexibility index (Phi) is 18.1. The second kappa shape index (κ2) is 24.0. The Morgan fingerprint density at radius 3 is 1.61 bits per heavy atom. The van der Waals surface area contributed by atoms with Crippen LogP contribution in [0.25, 0.3) is 0 Å². The molecule has 54 heavy (non-hydrogen) atoms. The quantitative estimate of drug-likeness (QED) is 0.0929. The highest BCUT2D eigenvalue weighted by atomic mass is 35.5. The highest BCUT2D eigenvalue weighted by Crippen LogP contribution is 2.20. The van der Waals surface area contributed by atoms with Crippen molar-refractivity contribution in [2.45, 2.75) is 51.3 Å². The summed E-state index contributed by atoms with van der Waals surface area (Å²) >= 11 is 5.71. The Morgan fingerprint density at radius 2 is 1.11 bits per heavy atom. The topological polar surface area (TPSA) is 72.1 Å². The summed E-state index contributed by atoms with van der Waals surface area (Å²) in [6.45, 7) is 8.70. The summed E-state index contributed by atoms with van der Waals surface area (Å²) < 4.78 is 11.5. The molecule has 2 saturated heterocycles. The largest absolute Gasteiger partial charge is 0.489 e. The summed E-state index contributed by atoms with van der Waals surface area (Å²) in [7, 11) is 0. The maximum atomic E-state index is 5.84. The van der Waals surface area contributed by atoms with E-state index in [0.717, 1.165) is 74.7 Å². The van der Waals surface area contributed by atoms with E-state index in [2.05, 4.69) is 63.7 Å². The van der Waals surface area contributed by atoms with Crippen molar-refractivity contribution in [3.8, 4) is 11.5 Å². The Morgan fingerprint density at radius 1 is 0.611 bits per heavy atom. The molecule has 7 heteroatoms. The van der Waals surface area contributed by atoms with E-state index in [-0.39, 0.29) is 0 Å². The zero-order valence-corrected chi connectivity index (χ0v) is 32.3. The maximum absolute atomic E-state index is 5.84. The van der Waals surface area contributed by atoms with Gasteiger partial charge in [0.25, 0.3) is 0 Å². The number of aliphatic imine (C=N–C) groups is 1. The molecule has 5 aromatic carbocycles. The standard InChI is InChI=1S/C20H26N2O.C14H13ClO.C13H18N2/c21-14-17-10-12-22(13-11-17)15-18-6-8-20(9-7-18)23-16-19-4-2-1-3-5-19;15-10-12-6-8-14(9-7-12)16-11-13-4-2-1-3-5-13;1-2-4-12(5-3-1)10-15-11-13-6-8-14-9-7-13/h1-9,17H,10-16,21H2;1-9H,10-11H2;1-5,10,13-14H,6-9,11H2. The summed E-state index contributed by atoms with van der Waals surface area (Å²) in [4.78, 5) is 7.03. The van der Waals surface area contributed by atoms with Gasteiger partial charge in [0, 0.05) is 25.2 Å². The van der Waals surface area contributed by atoms with Gasteiger partial charge in [-0.1, -0.05) is 115 Å². The number of nitrogens with zero attached hydrogens (tertiary/aromatic N) is 2. The summed E-state index contributed by atoms with van der Waals surface area (Å²) in [5.74, 6) is 3.85. The van der Waals surface area contributed by atoms with Gasteiger partial charge in [0.2, 0.25) is 0 Å². The van der Waals surface area contributed by atoms with E-state index in [1.807, 2.05) is 97.2 Å². The molecular formula is C47H57ClN4O2. The van der Waals surface area contributed by atoms with Crippen molar-refractivity contribution >= 4 is 17.8 Å². The number of likely N-dealkylation sites (tertiary alicyclic amines) is 1. The van der Waals surface area contributed by atoms with E-state index in [1.165, 1.54) is 47.9 Å². The lowest BCUT2D eigenvalue weighted by Crippen LogP contribution is -2.35. The molecule has 0 aliphatic carbocycles. The lowest BCUT2D eigenvalue weighted by Gasteiger charge is -2.31. The molecule has 0 spiro atoms. The third-order valence-corrected chi connectivity index (χ3v) is 10.1. The first kappa shape index (κ1) is 40.7. The molecule has 284 valence electrons. The fourth-order valence-electron chi connectivity index (χ4n) is 6.40. The first-order valence-corrected chi connectivity index (χ1v) is 20.0. The molecule has 2 fully saturated rings. The molecule has 2 aliphatic heterocycles. The van der Waals surface area contributed by atoms with E-state index in [4.69, 9.17) is 26.8 Å². The van der Waals surface area contributed by atoms with Crippen LogP contribution in [0.15, 0.2) is 145 Å². The number of benzene rings is 5. The Bertz CT molecular complexity index is 1710. The van der Waals surface area contributed by atoms with E-state index < -0.39 is 0 Å². The smallest absolute Gasteiger partial charge is 0.119 e. The van der Waals surface area contributed by atoms with Crippen molar-refractivity contribution in [2.24, 2.45) is 22.6 Å². The van der Waals surface area contributed by atoms with Gasteiger partial charge in [0.15, 0.2) is 0 Å². The van der Waals surface area contributed by atoms with Gasteiger partial charge in [-0.3, -0.25) is 9.89 Å². The van der Waals surface area contributed by atoms with E-state index in [0.29, 0.717) is 19.1 Å². The normalized spacial score (nSPS) is 15.1. The predicted octanol–water partition coefficient (Wildman–Crippen LogP) is 9.55. The molecule has 0 saturated carbocycles. The number of hydrogen-bond acceptors (Lipinski definition) is 6. The molecule has 0 bridgehead atoms. The van der Waals surface area contributed by atoms with Crippen molar-refractivity contribution in [2.75, 3.05) is 39.3 Å². The van der Waals surface area contributed by atoms with E-state index in [1.54, 1.807) is 0 Å². The first-order chi connectivity index (χ1) is 26.7. The fourth-order valence-corrected chi connectivity index (χ4v) is 6.57. The molecule has 0 unspecified atom stereocenters. The molecule has 7 rings (SSSR count). The number of ether oxygens (including phenoxy) is 2. The predicted molar refractivity (Wildman–Crippen MR) is 226 cm³/mol. The monoisotopic (exact) mass is 744 g/mol. The SMILES string of the molecule is C(=NCC1CCNCC1)c1ccccc1.ClCc1ccc(OCc2ccccc2)cc1.NCC1CCN(Cc2ccc(OCc3ccccc3)cc2)CC1. The van der Waals surface area contributed by atoms with Gasteiger partial charge in [-0.25, -0.2) is 0 Å². The molecule has 2 heterocycles. The molecule has 0 atom stereocenters. The highest BCUT2D eigenvalue weighted by Gasteiger charge is 2.18. The third kappa shape index (κ3) is 15.5. The Labute approximate surface area is 328 Å². The summed E-state index contributed by atoms with van der Waals surface area (Å²) in [6, 6.07) is 47.0. The first-order valence-electron chi connectivity index (χ1n) is 19.4. The average molecular weight is 745 g/mol. The number of hydrogen-bond donors (Lipinski definition) is 2. The van der Waals surface area contributed by atoms with Gasteiger partial charge in [0.05, 0.1) is 0 Å². The molecule has 0 radical (unpaired) electrons. The number of rotatable bonds is 13. The molecule has 5 aromatic rings. The fraction of sp³-hybridized carbons (Fsp3) is 0.340. The number of nitrogens with one attached hydrogen (secondary N) is 1. The zero-order valence-electron chi connectivity index (χ0n) is 31.6. The minimum Gasteiger partial charge on any atom is -0.489 e. The van der Waals surface area contributed by atoms with Gasteiger partial charge in [-0.05, 0) is 122 Å². The lowest BCUT2D eigenvalue weighted by molar-refractivity contribution is 0.180. The second-order valence-corrected chi connectivity index (χ2v) is 14.3. The van der Waals surface area contributed by atoms with E-state index in [9.17, 15) is 0 Å². The van der Waals surface area contributed by atoms with Crippen molar-refractivity contribution in [3.63, 3.8) is 0 Å². The Balaban J connectivity index is 0.000000161. The van der Waals surface area contributed by atoms with Crippen molar-refractivity contribution in [1.29, 1.82) is 0 Å². The molecule has 6 nitrogen and oxygen atoms in total. The van der Waals surface area contributed by atoms with Crippen LogP contribution >= 0.6 is 11.6 Å². The van der Waals surface area contributed by atoms with Crippen LogP contribution < -0.4 is 20.5 Å². The molecule has 0 aromatic heterocycles. The average Bonchev–Trinajstić information content (AvgIpc) is 3.25. The summed E-state index contributed by atoms with van der Waals surface area (Å²) in [5, 5.41) is 3.37. The van der Waals surface area contributed by atoms with Crippen LogP contribution in [0.2, 0.25) is 0 Å². The van der Waals surface area contributed by atoms with Crippen molar-refractivity contribution in [3.05, 3.63) is 167 Å². The van der Waals surface area contributed by atoms with Crippen LogP contribution in [0, 0.1) is 11.8 Å². The van der Waals surface area contributed by atoms with Crippen molar-refractivity contribution < 1.29 is 9.47 Å². The van der Waals surface area contributed by atoms with E-state index >= 15 is 0 Å². The number of nitrogens with two attached hydrogens (primary N) is 1.